The van der Waals surface area contributed by atoms with Crippen LogP contribution in [0.25, 0.3) is 0 Å². The molecule has 0 radical (unpaired) electrons. The van der Waals surface area contributed by atoms with Gasteiger partial charge in [-0.25, -0.2) is 4.68 Å². The van der Waals surface area contributed by atoms with Crippen LogP contribution in [0.15, 0.2) is 9.59 Å². The maximum absolute atomic E-state index is 11.5. The van der Waals surface area contributed by atoms with Gasteiger partial charge in [-0.15, -0.1) is 0 Å². The molecule has 0 amide bonds. The average molecular weight is 247 g/mol. The second-order valence-electron chi connectivity index (χ2n) is 2.84. The Bertz CT molecular complexity index is 419. The van der Waals surface area contributed by atoms with Gasteiger partial charge >= 0.3 is 0 Å². The highest BCUT2D eigenvalue weighted by atomic mass is 79.9. The molecular weight excluding hydrogens is 236 g/mol. The normalized spacial score (nSPS) is 10.4. The van der Waals surface area contributed by atoms with Crippen molar-refractivity contribution >= 4 is 15.9 Å². The van der Waals surface area contributed by atoms with E-state index < -0.39 is 0 Å². The largest absolute Gasteiger partial charge is 0.268 e. The summed E-state index contributed by atoms with van der Waals surface area (Å²) in [4.78, 5) is 22.8. The molecule has 1 heterocycles. The smallest absolute Gasteiger partial charge is 0.268 e. The highest BCUT2D eigenvalue weighted by molar-refractivity contribution is 9.09. The highest BCUT2D eigenvalue weighted by Crippen LogP contribution is 1.91. The Morgan fingerprint density at radius 3 is 2.46 bits per heavy atom. The first-order valence-corrected chi connectivity index (χ1v) is 5.06. The Balaban J connectivity index is 3.42. The summed E-state index contributed by atoms with van der Waals surface area (Å²) in [6.07, 6.45) is 0. The topological polar surface area (TPSA) is 54.9 Å². The minimum absolute atomic E-state index is 0.128. The first-order valence-electron chi connectivity index (χ1n) is 3.94. The molecule has 72 valence electrons. The summed E-state index contributed by atoms with van der Waals surface area (Å²) < 4.78 is 1.32. The van der Waals surface area contributed by atoms with Crippen molar-refractivity contribution in [2.45, 2.75) is 20.4 Å². The maximum atomic E-state index is 11.5. The van der Waals surface area contributed by atoms with E-state index in [1.165, 1.54) is 4.68 Å². The van der Waals surface area contributed by atoms with Crippen LogP contribution in [0.2, 0.25) is 0 Å². The number of aromatic nitrogens is 2. The number of hydrogen-bond donors (Lipinski definition) is 1. The predicted molar refractivity (Wildman–Crippen MR) is 54.6 cm³/mol. The van der Waals surface area contributed by atoms with Gasteiger partial charge in [0.2, 0.25) is 0 Å². The van der Waals surface area contributed by atoms with Crippen molar-refractivity contribution in [2.24, 2.45) is 0 Å². The van der Waals surface area contributed by atoms with Crippen molar-refractivity contribution in [2.75, 3.05) is 5.33 Å². The van der Waals surface area contributed by atoms with Crippen molar-refractivity contribution in [3.63, 3.8) is 0 Å². The molecule has 0 spiro atoms. The molecule has 0 aliphatic carbocycles. The number of H-pyrrole nitrogens is 1. The van der Waals surface area contributed by atoms with Gasteiger partial charge in [0.15, 0.2) is 0 Å². The molecular formula is C8H11BrN2O2. The fourth-order valence-corrected chi connectivity index (χ4v) is 1.39. The molecule has 13 heavy (non-hydrogen) atoms. The van der Waals surface area contributed by atoms with Gasteiger partial charge in [0, 0.05) is 16.5 Å². The Kier molecular flexibility index (Phi) is 3.08. The molecule has 1 aromatic rings. The van der Waals surface area contributed by atoms with E-state index in [9.17, 15) is 9.59 Å². The van der Waals surface area contributed by atoms with E-state index in [2.05, 4.69) is 21.0 Å². The third kappa shape index (κ3) is 1.91. The summed E-state index contributed by atoms with van der Waals surface area (Å²) in [6.45, 7) is 3.79. The number of aryl methyl sites for hydroxylation is 1. The molecule has 5 heteroatoms. The lowest BCUT2D eigenvalue weighted by atomic mass is 10.2. The van der Waals surface area contributed by atoms with Crippen LogP contribution in [0.4, 0.5) is 0 Å². The van der Waals surface area contributed by atoms with E-state index in [1.807, 2.05) is 0 Å². The highest BCUT2D eigenvalue weighted by Gasteiger charge is 2.05. The summed E-state index contributed by atoms with van der Waals surface area (Å²) in [5.41, 5.74) is 0.690. The lowest BCUT2D eigenvalue weighted by Crippen LogP contribution is -2.33. The molecule has 1 aromatic heterocycles. The molecule has 1 rings (SSSR count). The zero-order valence-corrected chi connectivity index (χ0v) is 9.14. The fraction of sp³-hybridized carbons (Fsp3) is 0.500. The van der Waals surface area contributed by atoms with Gasteiger partial charge in [-0.2, -0.15) is 0 Å². The molecule has 0 unspecified atom stereocenters. The molecule has 1 N–H and O–H groups in total. The van der Waals surface area contributed by atoms with Crippen molar-refractivity contribution in [3.05, 3.63) is 31.8 Å². The number of nitrogens with zero attached hydrogens (tertiary/aromatic N) is 1. The van der Waals surface area contributed by atoms with Crippen LogP contribution >= 0.6 is 15.9 Å². The average Bonchev–Trinajstić information content (AvgIpc) is 2.11. The summed E-state index contributed by atoms with van der Waals surface area (Å²) in [5.74, 6) is 0. The Morgan fingerprint density at radius 1 is 1.31 bits per heavy atom. The van der Waals surface area contributed by atoms with Crippen LogP contribution in [0.1, 0.15) is 11.1 Å². The lowest BCUT2D eigenvalue weighted by Gasteiger charge is -2.05. The second kappa shape index (κ2) is 3.91. The zero-order valence-electron chi connectivity index (χ0n) is 7.56. The van der Waals surface area contributed by atoms with E-state index in [0.29, 0.717) is 23.0 Å². The molecule has 0 saturated carbocycles. The molecule has 0 aliphatic heterocycles. The van der Waals surface area contributed by atoms with Crippen LogP contribution in [0.5, 0.6) is 0 Å². The van der Waals surface area contributed by atoms with Crippen molar-refractivity contribution < 1.29 is 0 Å². The van der Waals surface area contributed by atoms with E-state index >= 15 is 0 Å². The number of hydrogen-bond acceptors (Lipinski definition) is 2. The molecule has 0 saturated heterocycles. The predicted octanol–water partition coefficient (Wildman–Crippen LogP) is 0.548. The SMILES string of the molecule is Cc1c(C)c(=O)n(CCBr)[nH]c1=O. The van der Waals surface area contributed by atoms with Crippen LogP contribution in [0.3, 0.4) is 0 Å². The second-order valence-corrected chi connectivity index (χ2v) is 3.63. The van der Waals surface area contributed by atoms with Gasteiger partial charge in [-0.1, -0.05) is 15.9 Å². The summed E-state index contributed by atoms with van der Waals surface area (Å²) >= 11 is 3.21. The first-order chi connectivity index (χ1) is 6.07. The van der Waals surface area contributed by atoms with Gasteiger partial charge in [-0.05, 0) is 13.8 Å². The number of alkyl halides is 1. The van der Waals surface area contributed by atoms with Crippen molar-refractivity contribution in [1.82, 2.24) is 9.78 Å². The zero-order chi connectivity index (χ0) is 10.0. The number of halogens is 1. The van der Waals surface area contributed by atoms with Crippen molar-refractivity contribution in [1.29, 1.82) is 0 Å². The summed E-state index contributed by atoms with van der Waals surface area (Å²) in [7, 11) is 0. The Morgan fingerprint density at radius 2 is 1.92 bits per heavy atom. The monoisotopic (exact) mass is 246 g/mol. The van der Waals surface area contributed by atoms with Crippen LogP contribution in [0, 0.1) is 13.8 Å². The number of nitrogens with one attached hydrogen (secondary N) is 1. The molecule has 0 aliphatic rings. The standard InChI is InChI=1S/C8H11BrN2O2/c1-5-6(2)8(13)11(4-3-9)10-7(5)12/h3-4H2,1-2H3,(H,10,12). The number of rotatable bonds is 2. The van der Waals surface area contributed by atoms with E-state index in [0.717, 1.165) is 0 Å². The molecule has 0 fully saturated rings. The van der Waals surface area contributed by atoms with Crippen LogP contribution < -0.4 is 11.1 Å². The lowest BCUT2D eigenvalue weighted by molar-refractivity contribution is 0.604. The molecule has 4 nitrogen and oxygen atoms in total. The van der Waals surface area contributed by atoms with Gasteiger partial charge in [0.1, 0.15) is 0 Å². The number of aromatic amines is 1. The van der Waals surface area contributed by atoms with Crippen LogP contribution in [-0.2, 0) is 6.54 Å². The third-order valence-electron chi connectivity index (χ3n) is 2.01. The Hall–Kier alpha value is -0.840. The molecule has 0 aromatic carbocycles. The summed E-state index contributed by atoms with van der Waals surface area (Å²) in [6, 6.07) is 0. The maximum Gasteiger partial charge on any atom is 0.268 e. The van der Waals surface area contributed by atoms with E-state index in [4.69, 9.17) is 0 Å². The Labute approximate surface area is 83.7 Å². The quantitative estimate of drug-likeness (QED) is 0.776. The minimum Gasteiger partial charge on any atom is -0.268 e. The fourth-order valence-electron chi connectivity index (χ4n) is 1.03. The van der Waals surface area contributed by atoms with Gasteiger partial charge in [0.25, 0.3) is 11.1 Å². The van der Waals surface area contributed by atoms with E-state index in [1.54, 1.807) is 13.8 Å². The van der Waals surface area contributed by atoms with Crippen molar-refractivity contribution in [3.8, 4) is 0 Å². The first kappa shape index (κ1) is 10.2. The van der Waals surface area contributed by atoms with Gasteiger partial charge in [-0.3, -0.25) is 14.7 Å². The minimum atomic E-state index is -0.196. The van der Waals surface area contributed by atoms with Crippen LogP contribution in [-0.4, -0.2) is 15.1 Å². The van der Waals surface area contributed by atoms with Gasteiger partial charge in [0.05, 0.1) is 6.54 Å². The molecule has 0 atom stereocenters. The van der Waals surface area contributed by atoms with E-state index in [-0.39, 0.29) is 11.1 Å². The third-order valence-corrected chi connectivity index (χ3v) is 2.37. The molecule has 0 bridgehead atoms. The van der Waals surface area contributed by atoms with Gasteiger partial charge < -0.3 is 0 Å². The summed E-state index contributed by atoms with van der Waals surface area (Å²) in [5, 5.41) is 3.15.